The molecule has 1 fully saturated rings. The number of nitrogens with one attached hydrogen (secondary N) is 2. The van der Waals surface area contributed by atoms with Gasteiger partial charge in [0.15, 0.2) is 5.82 Å². The van der Waals surface area contributed by atoms with Gasteiger partial charge < -0.3 is 15.5 Å². The highest BCUT2D eigenvalue weighted by atomic mass is 32.1. The summed E-state index contributed by atoms with van der Waals surface area (Å²) in [4.78, 5) is 20.0. The number of pyridine rings is 1. The van der Waals surface area contributed by atoms with Crippen molar-refractivity contribution in [2.75, 3.05) is 23.3 Å². The number of nitrogens with zero attached hydrogens (tertiary/aromatic N) is 2. The van der Waals surface area contributed by atoms with Crippen LogP contribution in [0.25, 0.3) is 0 Å². The van der Waals surface area contributed by atoms with Crippen molar-refractivity contribution in [3.05, 3.63) is 40.7 Å². The Morgan fingerprint density at radius 1 is 1.32 bits per heavy atom. The molecular formula is C16H20N4OS. The Balaban J connectivity index is 1.66. The summed E-state index contributed by atoms with van der Waals surface area (Å²) in [5.74, 6) is 0.860. The lowest BCUT2D eigenvalue weighted by Crippen LogP contribution is -2.32. The van der Waals surface area contributed by atoms with Crippen LogP contribution in [0.5, 0.6) is 0 Å². The number of aromatic nitrogens is 1. The van der Waals surface area contributed by atoms with Gasteiger partial charge in [-0.3, -0.25) is 0 Å². The van der Waals surface area contributed by atoms with Gasteiger partial charge in [0.25, 0.3) is 0 Å². The number of thiophene rings is 1. The van der Waals surface area contributed by atoms with Crippen molar-refractivity contribution in [1.82, 2.24) is 10.3 Å². The standard InChI is InChI=1S/C16H20N4OS/c1-12(14-7-5-11-22-14)18-16(21)19-13-6-4-8-17-15(13)20-9-2-3-10-20/h4-8,11-12H,2-3,9-10H2,1H3,(H2,18,19,21). The molecule has 3 rings (SSSR count). The lowest BCUT2D eigenvalue weighted by Gasteiger charge is -2.20. The second-order valence-electron chi connectivity index (χ2n) is 5.40. The Bertz CT molecular complexity index is 623. The smallest absolute Gasteiger partial charge is 0.319 e. The van der Waals surface area contributed by atoms with Gasteiger partial charge in [0.2, 0.25) is 0 Å². The van der Waals surface area contributed by atoms with Gasteiger partial charge in [-0.2, -0.15) is 0 Å². The number of carbonyl (C=O) groups is 1. The first-order chi connectivity index (χ1) is 10.7. The van der Waals surface area contributed by atoms with Crippen molar-refractivity contribution >= 4 is 28.9 Å². The molecule has 0 aliphatic carbocycles. The normalized spacial score (nSPS) is 15.6. The zero-order chi connectivity index (χ0) is 15.4. The fourth-order valence-electron chi connectivity index (χ4n) is 2.64. The van der Waals surface area contributed by atoms with E-state index in [1.165, 1.54) is 12.8 Å². The van der Waals surface area contributed by atoms with E-state index in [9.17, 15) is 4.79 Å². The summed E-state index contributed by atoms with van der Waals surface area (Å²) >= 11 is 1.64. The molecule has 1 aliphatic rings. The fraction of sp³-hybridized carbons (Fsp3) is 0.375. The average Bonchev–Trinajstić information content (AvgIpc) is 3.21. The molecule has 0 saturated carbocycles. The summed E-state index contributed by atoms with van der Waals surface area (Å²) in [7, 11) is 0. The van der Waals surface area contributed by atoms with Gasteiger partial charge in [-0.25, -0.2) is 9.78 Å². The number of anilines is 2. The summed E-state index contributed by atoms with van der Waals surface area (Å²) in [6, 6.07) is 7.55. The average molecular weight is 316 g/mol. The summed E-state index contributed by atoms with van der Waals surface area (Å²) in [5, 5.41) is 7.91. The van der Waals surface area contributed by atoms with E-state index in [0.29, 0.717) is 0 Å². The molecule has 0 radical (unpaired) electrons. The molecule has 5 nitrogen and oxygen atoms in total. The maximum Gasteiger partial charge on any atom is 0.319 e. The monoisotopic (exact) mass is 316 g/mol. The number of hydrogen-bond acceptors (Lipinski definition) is 4. The van der Waals surface area contributed by atoms with E-state index in [0.717, 1.165) is 29.5 Å². The van der Waals surface area contributed by atoms with Crippen LogP contribution in [0.4, 0.5) is 16.3 Å². The third kappa shape index (κ3) is 3.39. The fourth-order valence-corrected chi connectivity index (χ4v) is 3.37. The number of urea groups is 1. The van der Waals surface area contributed by atoms with E-state index < -0.39 is 0 Å². The molecule has 2 aromatic heterocycles. The van der Waals surface area contributed by atoms with E-state index in [4.69, 9.17) is 0 Å². The number of carbonyl (C=O) groups excluding carboxylic acids is 1. The molecule has 0 aromatic carbocycles. The van der Waals surface area contributed by atoms with E-state index >= 15 is 0 Å². The third-order valence-electron chi connectivity index (χ3n) is 3.76. The van der Waals surface area contributed by atoms with E-state index in [1.54, 1.807) is 17.5 Å². The highest BCUT2D eigenvalue weighted by Crippen LogP contribution is 2.26. The Morgan fingerprint density at radius 3 is 2.86 bits per heavy atom. The first kappa shape index (κ1) is 14.8. The molecule has 2 aromatic rings. The van der Waals surface area contributed by atoms with Crippen molar-refractivity contribution in [2.45, 2.75) is 25.8 Å². The largest absolute Gasteiger partial charge is 0.355 e. The van der Waals surface area contributed by atoms with Gasteiger partial charge in [-0.1, -0.05) is 6.07 Å². The molecule has 1 atom stereocenters. The first-order valence-electron chi connectivity index (χ1n) is 7.55. The zero-order valence-electron chi connectivity index (χ0n) is 12.6. The Hall–Kier alpha value is -2.08. The molecule has 0 spiro atoms. The summed E-state index contributed by atoms with van der Waals surface area (Å²) in [5.41, 5.74) is 0.764. The van der Waals surface area contributed by atoms with E-state index in [-0.39, 0.29) is 12.1 Å². The second kappa shape index (κ2) is 6.79. The molecule has 1 aliphatic heterocycles. The topological polar surface area (TPSA) is 57.3 Å². The van der Waals surface area contributed by atoms with Crippen LogP contribution < -0.4 is 15.5 Å². The SMILES string of the molecule is CC(NC(=O)Nc1cccnc1N1CCCC1)c1cccs1. The molecule has 0 bridgehead atoms. The van der Waals surface area contributed by atoms with Gasteiger partial charge in [-0.15, -0.1) is 11.3 Å². The maximum atomic E-state index is 12.2. The van der Waals surface area contributed by atoms with Crippen LogP contribution >= 0.6 is 11.3 Å². The van der Waals surface area contributed by atoms with Gasteiger partial charge in [0.1, 0.15) is 0 Å². The summed E-state index contributed by atoms with van der Waals surface area (Å²) < 4.78 is 0. The van der Waals surface area contributed by atoms with E-state index in [1.807, 2.05) is 36.6 Å². The van der Waals surface area contributed by atoms with Crippen LogP contribution in [0, 0.1) is 0 Å². The van der Waals surface area contributed by atoms with Crippen LogP contribution in [-0.2, 0) is 0 Å². The van der Waals surface area contributed by atoms with Gasteiger partial charge in [-0.05, 0) is 43.3 Å². The van der Waals surface area contributed by atoms with Gasteiger partial charge >= 0.3 is 6.03 Å². The molecular weight excluding hydrogens is 296 g/mol. The highest BCUT2D eigenvalue weighted by Gasteiger charge is 2.18. The summed E-state index contributed by atoms with van der Waals surface area (Å²) in [6.45, 7) is 3.98. The molecule has 22 heavy (non-hydrogen) atoms. The Kier molecular flexibility index (Phi) is 4.58. The van der Waals surface area contributed by atoms with Crippen LogP contribution in [0.3, 0.4) is 0 Å². The second-order valence-corrected chi connectivity index (χ2v) is 6.38. The maximum absolute atomic E-state index is 12.2. The minimum Gasteiger partial charge on any atom is -0.355 e. The van der Waals surface area contributed by atoms with Crippen molar-refractivity contribution in [3.8, 4) is 0 Å². The molecule has 3 heterocycles. The zero-order valence-corrected chi connectivity index (χ0v) is 13.4. The lowest BCUT2D eigenvalue weighted by molar-refractivity contribution is 0.249. The number of hydrogen-bond donors (Lipinski definition) is 2. The predicted molar refractivity (Wildman–Crippen MR) is 90.6 cm³/mol. The molecule has 2 amide bonds. The van der Waals surface area contributed by atoms with Crippen molar-refractivity contribution in [1.29, 1.82) is 0 Å². The van der Waals surface area contributed by atoms with Crippen molar-refractivity contribution in [3.63, 3.8) is 0 Å². The first-order valence-corrected chi connectivity index (χ1v) is 8.43. The molecule has 116 valence electrons. The molecule has 2 N–H and O–H groups in total. The van der Waals surface area contributed by atoms with Crippen LogP contribution in [0.2, 0.25) is 0 Å². The van der Waals surface area contributed by atoms with Crippen molar-refractivity contribution < 1.29 is 4.79 Å². The van der Waals surface area contributed by atoms with Gasteiger partial charge in [0.05, 0.1) is 11.7 Å². The Labute approximate surface area is 134 Å². The molecule has 1 saturated heterocycles. The minimum atomic E-state index is -0.200. The number of amides is 2. The van der Waals surface area contributed by atoms with Gasteiger partial charge in [0, 0.05) is 24.2 Å². The van der Waals surface area contributed by atoms with Crippen LogP contribution in [0.1, 0.15) is 30.7 Å². The lowest BCUT2D eigenvalue weighted by atomic mass is 10.3. The summed E-state index contributed by atoms with van der Waals surface area (Å²) in [6.07, 6.45) is 4.13. The van der Waals surface area contributed by atoms with Crippen molar-refractivity contribution in [2.24, 2.45) is 0 Å². The minimum absolute atomic E-state index is 0.00749. The van der Waals surface area contributed by atoms with Crippen LogP contribution in [-0.4, -0.2) is 24.1 Å². The predicted octanol–water partition coefficient (Wildman–Crippen LogP) is 3.63. The third-order valence-corrected chi connectivity index (χ3v) is 4.81. The number of rotatable bonds is 4. The highest BCUT2D eigenvalue weighted by molar-refractivity contribution is 7.10. The van der Waals surface area contributed by atoms with E-state index in [2.05, 4.69) is 20.5 Å². The Morgan fingerprint density at radius 2 is 2.14 bits per heavy atom. The quantitative estimate of drug-likeness (QED) is 0.905. The molecule has 1 unspecified atom stereocenters. The molecule has 6 heteroatoms. The van der Waals surface area contributed by atoms with Crippen LogP contribution in [0.15, 0.2) is 35.8 Å².